The third kappa shape index (κ3) is 4.78. The Bertz CT molecular complexity index is 820. The second kappa shape index (κ2) is 8.99. The van der Waals surface area contributed by atoms with Gasteiger partial charge in [0.1, 0.15) is 0 Å². The normalized spacial score (nSPS) is 21.0. The Morgan fingerprint density at radius 2 is 1.93 bits per heavy atom. The monoisotopic (exact) mass is 390 g/mol. The lowest BCUT2D eigenvalue weighted by atomic mass is 9.94. The maximum atomic E-state index is 13.0. The summed E-state index contributed by atoms with van der Waals surface area (Å²) in [5, 5.41) is 3.74. The molecule has 0 spiro atoms. The number of nitrogens with zero attached hydrogens (tertiary/aromatic N) is 3. The van der Waals surface area contributed by atoms with Crippen molar-refractivity contribution in [2.45, 2.75) is 49.6 Å². The van der Waals surface area contributed by atoms with Crippen molar-refractivity contribution in [2.75, 3.05) is 19.6 Å². The SMILES string of the molecule is CCCCCCN[C@@H]1CN(S(=O)(=O)c2cn(C)cn2)CC1c1ccccc1. The van der Waals surface area contributed by atoms with E-state index >= 15 is 0 Å². The van der Waals surface area contributed by atoms with Crippen LogP contribution in [0.4, 0.5) is 0 Å². The van der Waals surface area contributed by atoms with Gasteiger partial charge in [0.25, 0.3) is 10.0 Å². The number of nitrogens with one attached hydrogen (secondary N) is 1. The van der Waals surface area contributed by atoms with Crippen molar-refractivity contribution in [2.24, 2.45) is 7.05 Å². The number of sulfonamides is 1. The molecule has 2 heterocycles. The third-order valence-electron chi connectivity index (χ3n) is 5.24. The van der Waals surface area contributed by atoms with Gasteiger partial charge in [-0.05, 0) is 18.5 Å². The summed E-state index contributed by atoms with van der Waals surface area (Å²) in [6.07, 6.45) is 7.89. The maximum absolute atomic E-state index is 13.0. The molecule has 0 aliphatic carbocycles. The molecule has 0 radical (unpaired) electrons. The molecule has 6 nitrogen and oxygen atoms in total. The van der Waals surface area contributed by atoms with Crippen LogP contribution in [0.1, 0.15) is 44.1 Å². The predicted octanol–water partition coefficient (Wildman–Crippen LogP) is 2.75. The summed E-state index contributed by atoms with van der Waals surface area (Å²) in [6.45, 7) is 4.09. The van der Waals surface area contributed by atoms with Gasteiger partial charge in [0.15, 0.2) is 5.03 Å². The lowest BCUT2D eigenvalue weighted by molar-refractivity contribution is 0.450. The Hall–Kier alpha value is -1.70. The minimum atomic E-state index is -3.57. The second-order valence-corrected chi connectivity index (χ2v) is 9.22. The first-order chi connectivity index (χ1) is 13.0. The number of rotatable bonds is 9. The number of unbranched alkanes of at least 4 members (excludes halogenated alkanes) is 3. The van der Waals surface area contributed by atoms with Gasteiger partial charge in [-0.3, -0.25) is 0 Å². The van der Waals surface area contributed by atoms with Crippen molar-refractivity contribution in [1.82, 2.24) is 19.2 Å². The first-order valence-electron chi connectivity index (χ1n) is 9.79. The number of hydrogen-bond donors (Lipinski definition) is 1. The Balaban J connectivity index is 1.74. The van der Waals surface area contributed by atoms with E-state index in [4.69, 9.17) is 0 Å². The summed E-state index contributed by atoms with van der Waals surface area (Å²) < 4.78 is 29.3. The fraction of sp³-hybridized carbons (Fsp3) is 0.550. The van der Waals surface area contributed by atoms with Crippen LogP contribution in [-0.2, 0) is 17.1 Å². The summed E-state index contributed by atoms with van der Waals surface area (Å²) in [6, 6.07) is 10.3. The third-order valence-corrected chi connectivity index (χ3v) is 6.95. The Labute approximate surface area is 162 Å². The molecule has 1 N–H and O–H groups in total. The van der Waals surface area contributed by atoms with E-state index in [1.165, 1.54) is 31.2 Å². The molecule has 1 fully saturated rings. The van der Waals surface area contributed by atoms with Crippen LogP contribution in [-0.4, -0.2) is 48.0 Å². The van der Waals surface area contributed by atoms with E-state index in [2.05, 4.69) is 29.4 Å². The highest BCUT2D eigenvalue weighted by atomic mass is 32.2. The van der Waals surface area contributed by atoms with E-state index in [9.17, 15) is 8.42 Å². The largest absolute Gasteiger partial charge is 0.339 e. The molecule has 27 heavy (non-hydrogen) atoms. The summed E-state index contributed by atoms with van der Waals surface area (Å²) >= 11 is 0. The quantitative estimate of drug-likeness (QED) is 0.669. The molecule has 2 atom stereocenters. The number of aryl methyl sites for hydroxylation is 1. The fourth-order valence-corrected chi connectivity index (χ4v) is 5.16. The highest BCUT2D eigenvalue weighted by Crippen LogP contribution is 2.31. The molecule has 0 amide bonds. The number of imidazole rings is 1. The molecule has 148 valence electrons. The highest BCUT2D eigenvalue weighted by molar-refractivity contribution is 7.89. The van der Waals surface area contributed by atoms with Crippen molar-refractivity contribution >= 4 is 10.0 Å². The van der Waals surface area contributed by atoms with Crippen LogP contribution < -0.4 is 5.32 Å². The molecule has 1 aromatic heterocycles. The van der Waals surface area contributed by atoms with E-state index in [0.29, 0.717) is 13.1 Å². The molecule has 1 aromatic carbocycles. The van der Waals surface area contributed by atoms with E-state index < -0.39 is 10.0 Å². The van der Waals surface area contributed by atoms with Crippen LogP contribution in [0.15, 0.2) is 47.9 Å². The average molecular weight is 391 g/mol. The summed E-state index contributed by atoms with van der Waals surface area (Å²) in [5.74, 6) is 0.149. The van der Waals surface area contributed by atoms with Crippen molar-refractivity contribution in [3.05, 3.63) is 48.4 Å². The average Bonchev–Trinajstić information content (AvgIpc) is 3.29. The minimum Gasteiger partial charge on any atom is -0.339 e. The Morgan fingerprint density at radius 3 is 2.59 bits per heavy atom. The van der Waals surface area contributed by atoms with Gasteiger partial charge in [-0.15, -0.1) is 0 Å². The topological polar surface area (TPSA) is 67.2 Å². The second-order valence-electron chi connectivity index (χ2n) is 7.34. The van der Waals surface area contributed by atoms with E-state index in [0.717, 1.165) is 13.0 Å². The molecule has 0 saturated carbocycles. The zero-order chi connectivity index (χ0) is 19.3. The van der Waals surface area contributed by atoms with Crippen LogP contribution in [0, 0.1) is 0 Å². The van der Waals surface area contributed by atoms with Gasteiger partial charge in [-0.25, -0.2) is 13.4 Å². The Kier molecular flexibility index (Phi) is 6.68. The predicted molar refractivity (Wildman–Crippen MR) is 107 cm³/mol. The first kappa shape index (κ1) is 20.0. The molecule has 1 unspecified atom stereocenters. The lowest BCUT2D eigenvalue weighted by Crippen LogP contribution is -2.37. The lowest BCUT2D eigenvalue weighted by Gasteiger charge is -2.20. The zero-order valence-corrected chi connectivity index (χ0v) is 17.0. The highest BCUT2D eigenvalue weighted by Gasteiger charge is 2.40. The molecule has 0 bridgehead atoms. The van der Waals surface area contributed by atoms with Gasteiger partial charge in [-0.1, -0.05) is 56.5 Å². The van der Waals surface area contributed by atoms with Crippen LogP contribution in [0.5, 0.6) is 0 Å². The minimum absolute atomic E-state index is 0.118. The van der Waals surface area contributed by atoms with Gasteiger partial charge >= 0.3 is 0 Å². The van der Waals surface area contributed by atoms with Crippen molar-refractivity contribution in [1.29, 1.82) is 0 Å². The van der Waals surface area contributed by atoms with Crippen LogP contribution in [0.3, 0.4) is 0 Å². The molecule has 1 aliphatic rings. The van der Waals surface area contributed by atoms with Crippen LogP contribution in [0.25, 0.3) is 0 Å². The standard InChI is InChI=1S/C20H30N4O2S/c1-3-4-5-9-12-21-19-14-24(13-18(19)17-10-7-6-8-11-17)27(25,26)20-15-23(2)16-22-20/h6-8,10-11,15-16,18-19,21H,3-5,9,12-14H2,1-2H3/t18?,19-/m1/s1. The summed E-state index contributed by atoms with van der Waals surface area (Å²) in [4.78, 5) is 4.06. The fourth-order valence-electron chi connectivity index (χ4n) is 3.70. The van der Waals surface area contributed by atoms with Crippen molar-refractivity contribution < 1.29 is 8.42 Å². The molecular weight excluding hydrogens is 360 g/mol. The molecular formula is C20H30N4O2S. The smallest absolute Gasteiger partial charge is 0.262 e. The van der Waals surface area contributed by atoms with Crippen LogP contribution in [0.2, 0.25) is 0 Å². The number of hydrogen-bond acceptors (Lipinski definition) is 4. The number of benzene rings is 1. The van der Waals surface area contributed by atoms with Crippen molar-refractivity contribution in [3.8, 4) is 0 Å². The molecule has 1 saturated heterocycles. The summed E-state index contributed by atoms with van der Waals surface area (Å²) in [5.41, 5.74) is 1.18. The Morgan fingerprint density at radius 1 is 1.15 bits per heavy atom. The van der Waals surface area contributed by atoms with Gasteiger partial charge in [0.05, 0.1) is 6.33 Å². The van der Waals surface area contributed by atoms with E-state index in [1.54, 1.807) is 22.1 Å². The number of aromatic nitrogens is 2. The first-order valence-corrected chi connectivity index (χ1v) is 11.2. The molecule has 7 heteroatoms. The molecule has 1 aliphatic heterocycles. The van der Waals surface area contributed by atoms with Gasteiger partial charge < -0.3 is 9.88 Å². The van der Waals surface area contributed by atoms with E-state index in [-0.39, 0.29) is 17.0 Å². The molecule has 2 aromatic rings. The van der Waals surface area contributed by atoms with Gasteiger partial charge in [0.2, 0.25) is 0 Å². The molecule has 3 rings (SSSR count). The summed E-state index contributed by atoms with van der Waals surface area (Å²) in [7, 11) is -1.79. The van der Waals surface area contributed by atoms with Crippen LogP contribution >= 0.6 is 0 Å². The van der Waals surface area contributed by atoms with E-state index in [1.807, 2.05) is 18.2 Å². The zero-order valence-electron chi connectivity index (χ0n) is 16.2. The van der Waals surface area contributed by atoms with Gasteiger partial charge in [0, 0.05) is 38.3 Å². The van der Waals surface area contributed by atoms with Crippen molar-refractivity contribution in [3.63, 3.8) is 0 Å². The maximum Gasteiger partial charge on any atom is 0.262 e. The van der Waals surface area contributed by atoms with Gasteiger partial charge in [-0.2, -0.15) is 4.31 Å².